The Bertz CT molecular complexity index is 3280. The first-order valence-corrected chi connectivity index (χ1v) is 20.6. The van der Waals surface area contributed by atoms with E-state index in [0.717, 1.165) is 0 Å². The molecule has 0 fully saturated rings. The van der Waals surface area contributed by atoms with Crippen LogP contribution in [0.1, 0.15) is 177 Å². The van der Waals surface area contributed by atoms with Crippen LogP contribution in [0.5, 0.6) is 0 Å². The van der Waals surface area contributed by atoms with Gasteiger partial charge in [-0.05, 0) is 156 Å². The second-order valence-corrected chi connectivity index (χ2v) is 21.6. The number of hydrogen-bond donors (Lipinski definition) is 0. The molecular weight excluding hydrogens is 687 g/mol. The monoisotopic (exact) mass is 768 g/mol. The molecule has 5 aromatic rings. The number of fused-ring (bicyclic) bond motifs is 6. The molecule has 0 atom stereocenters. The molecule has 9 rings (SSSR count). The van der Waals surface area contributed by atoms with Crippen molar-refractivity contribution < 1.29 is 20.6 Å². The minimum Gasteiger partial charge on any atom is -0.311 e. The topological polar surface area (TPSA) is 6.48 Å². The molecule has 2 nitrogen and oxygen atoms in total. The third-order valence-electron chi connectivity index (χ3n) is 13.3. The average molecular weight is 768 g/mol. The number of benzene rings is 5. The Morgan fingerprint density at radius 2 is 0.912 bits per heavy atom. The Kier molecular flexibility index (Phi) is 5.25. The van der Waals surface area contributed by atoms with Gasteiger partial charge in [-0.3, -0.25) is 0 Å². The van der Waals surface area contributed by atoms with Gasteiger partial charge in [0.15, 0.2) is 0 Å². The second kappa shape index (κ2) is 12.2. The number of rotatable bonds is 2. The summed E-state index contributed by atoms with van der Waals surface area (Å²) < 4.78 is 150. The molecule has 0 radical (unpaired) electrons. The maximum atomic E-state index is 10.7. The van der Waals surface area contributed by atoms with Gasteiger partial charge in [0.05, 0.1) is 20.6 Å². The molecule has 0 amide bonds. The molecule has 0 spiro atoms. The summed E-state index contributed by atoms with van der Waals surface area (Å²) in [6.45, 7) is 25.4. The van der Waals surface area contributed by atoms with E-state index in [4.69, 9.17) is 0 Å². The number of hydrogen-bond acceptors (Lipinski definition) is 2. The molecular formula is C54H65BN2. The van der Waals surface area contributed by atoms with Crippen LogP contribution in [0.3, 0.4) is 0 Å². The van der Waals surface area contributed by atoms with E-state index < -0.39 is 93.2 Å². The summed E-state index contributed by atoms with van der Waals surface area (Å²) in [5.41, 5.74) is -3.02. The highest BCUT2D eigenvalue weighted by atomic mass is 15.2. The van der Waals surface area contributed by atoms with E-state index in [0.29, 0.717) is 47.9 Å². The van der Waals surface area contributed by atoms with Gasteiger partial charge in [-0.15, -0.1) is 0 Å². The number of nitrogens with zero attached hydrogens (tertiary/aromatic N) is 2. The lowest BCUT2D eigenvalue weighted by Crippen LogP contribution is -2.62. The first-order valence-electron chi connectivity index (χ1n) is 28.1. The van der Waals surface area contributed by atoms with Crippen LogP contribution in [0.25, 0.3) is 0 Å². The fourth-order valence-corrected chi connectivity index (χ4v) is 9.27. The third kappa shape index (κ3) is 5.87. The van der Waals surface area contributed by atoms with E-state index in [2.05, 4.69) is 0 Å². The minimum atomic E-state index is -1.38. The number of anilines is 6. The van der Waals surface area contributed by atoms with E-state index in [1.54, 1.807) is 20.8 Å². The van der Waals surface area contributed by atoms with Crippen molar-refractivity contribution in [2.24, 2.45) is 0 Å². The van der Waals surface area contributed by atoms with Crippen LogP contribution >= 0.6 is 0 Å². The molecule has 3 heteroatoms. The van der Waals surface area contributed by atoms with Crippen molar-refractivity contribution >= 4 is 57.2 Å². The van der Waals surface area contributed by atoms with Gasteiger partial charge in [0.25, 0.3) is 6.71 Å². The van der Waals surface area contributed by atoms with Gasteiger partial charge in [-0.2, -0.15) is 0 Å². The second-order valence-electron chi connectivity index (χ2n) is 21.6. The van der Waals surface area contributed by atoms with Gasteiger partial charge < -0.3 is 9.80 Å². The molecule has 2 aliphatic carbocycles. The van der Waals surface area contributed by atoms with Gasteiger partial charge in [-0.1, -0.05) is 139 Å². The molecule has 294 valence electrons. The lowest BCUT2D eigenvalue weighted by Gasteiger charge is -2.48. The van der Waals surface area contributed by atoms with Crippen LogP contribution in [-0.2, 0) is 32.5 Å². The Morgan fingerprint density at radius 1 is 0.456 bits per heavy atom. The van der Waals surface area contributed by atoms with Crippen LogP contribution in [-0.4, -0.2) is 6.71 Å². The lowest BCUT2D eigenvalue weighted by molar-refractivity contribution is 0.332. The van der Waals surface area contributed by atoms with Gasteiger partial charge >= 0.3 is 0 Å². The molecule has 0 bridgehead atoms. The normalized spacial score (nSPS) is 23.3. The van der Waals surface area contributed by atoms with E-state index in [1.807, 2.05) is 76.2 Å². The summed E-state index contributed by atoms with van der Waals surface area (Å²) in [5.74, 6) is 0. The Hall–Kier alpha value is -4.24. The summed E-state index contributed by atoms with van der Waals surface area (Å²) in [5, 5.41) is 0. The average Bonchev–Trinajstić information content (AvgIpc) is 3.24. The summed E-state index contributed by atoms with van der Waals surface area (Å²) in [6.07, 6.45) is 2.61. The van der Waals surface area contributed by atoms with E-state index in [9.17, 15) is 20.6 Å². The van der Waals surface area contributed by atoms with Crippen LogP contribution in [0.15, 0.2) is 90.6 Å². The van der Waals surface area contributed by atoms with Gasteiger partial charge in [0, 0.05) is 34.1 Å². The highest BCUT2D eigenvalue weighted by Crippen LogP contribution is 2.52. The molecule has 0 unspecified atom stereocenters. The quantitative estimate of drug-likeness (QED) is 0.162. The van der Waals surface area contributed by atoms with Crippen LogP contribution in [0.2, 0.25) is 0 Å². The van der Waals surface area contributed by atoms with Crippen molar-refractivity contribution in [3.05, 3.63) is 124 Å². The predicted molar refractivity (Wildman–Crippen MR) is 248 cm³/mol. The van der Waals surface area contributed by atoms with E-state index in [1.165, 1.54) is 9.80 Å². The maximum Gasteiger partial charge on any atom is 0.252 e. The highest BCUT2D eigenvalue weighted by Gasteiger charge is 2.47. The first-order chi connectivity index (χ1) is 32.8. The van der Waals surface area contributed by atoms with Crippen LogP contribution in [0, 0.1) is 0 Å². The molecule has 0 saturated heterocycles. The zero-order valence-corrected chi connectivity index (χ0v) is 36.3. The van der Waals surface area contributed by atoms with Crippen molar-refractivity contribution in [1.29, 1.82) is 0 Å². The molecule has 0 saturated carbocycles. The fraction of sp³-hybridized carbons (Fsp3) is 0.444. The Labute approximate surface area is 366 Å². The molecule has 0 N–H and O–H groups in total. The van der Waals surface area contributed by atoms with E-state index in [-0.39, 0.29) is 98.2 Å². The third-order valence-corrected chi connectivity index (χ3v) is 13.3. The van der Waals surface area contributed by atoms with Crippen LogP contribution < -0.4 is 26.2 Å². The van der Waals surface area contributed by atoms with Gasteiger partial charge in [0.1, 0.15) is 0 Å². The minimum absolute atomic E-state index is 0.0178. The molecule has 0 aromatic heterocycles. The van der Waals surface area contributed by atoms with Crippen LogP contribution in [0.4, 0.5) is 34.1 Å². The summed E-state index contributed by atoms with van der Waals surface area (Å²) >= 11 is 0. The standard InChI is InChI=1S/C54H65BN2/c1-49(2,3)34-18-21-36(22-19-34)56-44-25-20-35(50(4,5)6)30-42(44)55-43-32-40-41(54(13,14)29-28-53(40,11)12)33-47(43)57(46-17-15-16-45(56)48(46)55)37-23-24-38-39(31-37)52(9,10)27-26-51(38,7)8/h15-25,30-33H,26-29H2,1-14H3/i15D,16D,17D,18D,19D,20D,21D,22D,23D,24D,25D,30D,31D,32D,33D. The zero-order valence-electron chi connectivity index (χ0n) is 51.3. The molecule has 2 heterocycles. The Balaban J connectivity index is 1.62. The van der Waals surface area contributed by atoms with Crippen molar-refractivity contribution in [3.63, 3.8) is 0 Å². The fourth-order valence-electron chi connectivity index (χ4n) is 9.27. The highest BCUT2D eigenvalue weighted by molar-refractivity contribution is 7.00. The Morgan fingerprint density at radius 3 is 1.47 bits per heavy atom. The zero-order chi connectivity index (χ0) is 53.9. The lowest BCUT2D eigenvalue weighted by atomic mass is 9.33. The summed E-state index contributed by atoms with van der Waals surface area (Å²) in [6, 6.07) is -5.44. The largest absolute Gasteiger partial charge is 0.311 e. The van der Waals surface area contributed by atoms with Gasteiger partial charge in [0.2, 0.25) is 0 Å². The molecule has 57 heavy (non-hydrogen) atoms. The van der Waals surface area contributed by atoms with Gasteiger partial charge in [-0.25, -0.2) is 0 Å². The first kappa shape index (κ1) is 24.6. The molecule has 4 aliphatic rings. The molecule has 5 aromatic carbocycles. The predicted octanol–water partition coefficient (Wildman–Crippen LogP) is 13.1. The SMILES string of the molecule is [2H]c1c([2H])c2c3c(c1[2H])N(c1c([2H])c([2H])c4c(c1[2H])C(C)(C)CCC4(C)C)c1c([2H])c4c(c([2H])c1B3c1c([2H])c(C(C)(C)C)c([2H])c([2H])c1N2c1c([2H])c([2H])c(C(C)(C)C)c([2H])c1[2H])C(C)(C)CCC4(C)C. The van der Waals surface area contributed by atoms with Crippen molar-refractivity contribution in [3.8, 4) is 0 Å². The van der Waals surface area contributed by atoms with E-state index >= 15 is 0 Å². The van der Waals surface area contributed by atoms with Crippen molar-refractivity contribution in [2.45, 2.75) is 155 Å². The smallest absolute Gasteiger partial charge is 0.252 e. The van der Waals surface area contributed by atoms with Crippen molar-refractivity contribution in [2.75, 3.05) is 9.80 Å². The molecule has 2 aliphatic heterocycles. The summed E-state index contributed by atoms with van der Waals surface area (Å²) in [7, 11) is 0. The summed E-state index contributed by atoms with van der Waals surface area (Å²) in [4.78, 5) is 2.62. The van der Waals surface area contributed by atoms with Crippen molar-refractivity contribution in [1.82, 2.24) is 0 Å². The maximum absolute atomic E-state index is 10.7.